The van der Waals surface area contributed by atoms with Crippen molar-refractivity contribution in [2.24, 2.45) is 11.3 Å². The monoisotopic (exact) mass is 695 g/mol. The van der Waals surface area contributed by atoms with E-state index in [1.54, 1.807) is 29.3 Å². The van der Waals surface area contributed by atoms with Gasteiger partial charge < -0.3 is 14.5 Å². The summed E-state index contributed by atoms with van der Waals surface area (Å²) in [5.41, 5.74) is 4.09. The van der Waals surface area contributed by atoms with Crippen LogP contribution in [0.3, 0.4) is 0 Å². The first-order chi connectivity index (χ1) is 23.8. The Labute approximate surface area is 294 Å². The minimum atomic E-state index is -4.17. The van der Waals surface area contributed by atoms with E-state index in [4.69, 9.17) is 9.72 Å². The van der Waals surface area contributed by atoms with Crippen molar-refractivity contribution in [2.75, 3.05) is 22.8 Å². The zero-order chi connectivity index (χ0) is 35.2. The van der Waals surface area contributed by atoms with E-state index >= 15 is 0 Å². The largest absolute Gasteiger partial charge is 0.475 e. The van der Waals surface area contributed by atoms with Crippen molar-refractivity contribution in [3.63, 3.8) is 0 Å². The van der Waals surface area contributed by atoms with Gasteiger partial charge in [0.05, 0.1) is 41.3 Å². The standard InChI is InChI=1S/C38H45N7O4S/c1-24-9-6-10-25(2)35(24)31-18-34-42-37(41-31)43-50(47,48)30-13-7-11-27(17-30)36(46)45(29(23-49-34)19-38(3,4)5)22-28-20-39-21-33(40-28)44-16-8-12-26-14-15-32(26)44/h6-7,9-11,13,17-18,20-21,26,29,32H,8,12,14-16,19,22-23H2,1-5H3,(H,41,42,43)/t26-,29-,32+/m1/s1. The summed E-state index contributed by atoms with van der Waals surface area (Å²) >= 11 is 0. The smallest absolute Gasteiger partial charge is 0.264 e. The van der Waals surface area contributed by atoms with Gasteiger partial charge in [-0.15, -0.1) is 0 Å². The Morgan fingerprint density at radius 1 is 0.960 bits per heavy atom. The average Bonchev–Trinajstić information content (AvgIpc) is 3.05. The zero-order valence-corrected chi connectivity index (χ0v) is 30.2. The molecule has 2 aliphatic heterocycles. The lowest BCUT2D eigenvalue weighted by molar-refractivity contribution is 0.0509. The van der Waals surface area contributed by atoms with Gasteiger partial charge in [0.25, 0.3) is 15.9 Å². The van der Waals surface area contributed by atoms with E-state index in [0.29, 0.717) is 29.8 Å². The fourth-order valence-corrected chi connectivity index (χ4v) is 8.59. The third-order valence-electron chi connectivity index (χ3n) is 10.1. The fraction of sp³-hybridized carbons (Fsp3) is 0.447. The summed E-state index contributed by atoms with van der Waals surface area (Å²) in [6.45, 7) is 11.6. The van der Waals surface area contributed by atoms with Crippen LogP contribution in [0.1, 0.15) is 80.1 Å². The molecule has 0 spiro atoms. The van der Waals surface area contributed by atoms with Crippen molar-refractivity contribution in [3.05, 3.63) is 83.3 Å². The predicted molar refractivity (Wildman–Crippen MR) is 193 cm³/mol. The van der Waals surface area contributed by atoms with Crippen molar-refractivity contribution in [1.82, 2.24) is 24.8 Å². The van der Waals surface area contributed by atoms with Crippen molar-refractivity contribution < 1.29 is 17.9 Å². The van der Waals surface area contributed by atoms with Crippen molar-refractivity contribution >= 4 is 27.7 Å². The normalized spacial score (nSPS) is 21.8. The van der Waals surface area contributed by atoms with Gasteiger partial charge in [0.1, 0.15) is 12.4 Å². The average molecular weight is 696 g/mol. The molecule has 4 aromatic rings. The first-order valence-electron chi connectivity index (χ1n) is 17.4. The number of benzene rings is 2. The minimum absolute atomic E-state index is 0.0691. The molecule has 4 heterocycles. The topological polar surface area (TPSA) is 131 Å². The van der Waals surface area contributed by atoms with E-state index in [1.807, 2.05) is 38.2 Å². The Balaban J connectivity index is 1.31. The van der Waals surface area contributed by atoms with E-state index < -0.39 is 16.1 Å². The van der Waals surface area contributed by atoms with E-state index in [2.05, 4.69) is 45.3 Å². The number of sulfonamides is 1. The molecule has 12 heteroatoms. The van der Waals surface area contributed by atoms with E-state index in [-0.39, 0.29) is 46.8 Å². The molecule has 0 unspecified atom stereocenters. The number of aryl methyl sites for hydroxylation is 2. The summed E-state index contributed by atoms with van der Waals surface area (Å²) in [6, 6.07) is 13.8. The number of hydrogen-bond donors (Lipinski definition) is 1. The van der Waals surface area contributed by atoms with Gasteiger partial charge >= 0.3 is 0 Å². The Hall–Kier alpha value is -4.58. The van der Waals surface area contributed by atoms with Gasteiger partial charge in [0.15, 0.2) is 0 Å². The Kier molecular flexibility index (Phi) is 9.00. The molecule has 3 aliphatic rings. The molecular weight excluding hydrogens is 651 g/mol. The second-order valence-electron chi connectivity index (χ2n) is 15.1. The van der Waals surface area contributed by atoms with Gasteiger partial charge in [-0.1, -0.05) is 45.0 Å². The summed E-state index contributed by atoms with van der Waals surface area (Å²) in [5.74, 6) is 1.31. The van der Waals surface area contributed by atoms with Gasteiger partial charge in [0.2, 0.25) is 11.8 Å². The van der Waals surface area contributed by atoms with Crippen LogP contribution < -0.4 is 14.4 Å². The molecule has 2 aromatic carbocycles. The molecule has 2 fully saturated rings. The van der Waals surface area contributed by atoms with Crippen LogP contribution in [0.25, 0.3) is 11.3 Å². The second-order valence-corrected chi connectivity index (χ2v) is 16.8. The summed E-state index contributed by atoms with van der Waals surface area (Å²) in [4.78, 5) is 37.4. The van der Waals surface area contributed by atoms with Gasteiger partial charge in [-0.2, -0.15) is 4.98 Å². The first-order valence-corrected chi connectivity index (χ1v) is 18.9. The Bertz CT molecular complexity index is 2010. The molecule has 3 atom stereocenters. The molecular formula is C38H45N7O4S. The van der Waals surface area contributed by atoms with E-state index in [9.17, 15) is 13.2 Å². The number of anilines is 2. The van der Waals surface area contributed by atoms with E-state index in [0.717, 1.165) is 41.9 Å². The van der Waals surface area contributed by atoms with E-state index in [1.165, 1.54) is 25.0 Å². The number of aromatic nitrogens is 4. The quantitative estimate of drug-likeness (QED) is 0.246. The first kappa shape index (κ1) is 33.9. The molecule has 11 nitrogen and oxygen atoms in total. The minimum Gasteiger partial charge on any atom is -0.475 e. The Morgan fingerprint density at radius 3 is 2.48 bits per heavy atom. The molecule has 1 aliphatic carbocycles. The highest BCUT2D eigenvalue weighted by atomic mass is 32.2. The molecule has 262 valence electrons. The summed E-state index contributed by atoms with van der Waals surface area (Å²) in [6.07, 6.45) is 8.95. The molecule has 7 rings (SSSR count). The third-order valence-corrected chi connectivity index (χ3v) is 11.4. The molecule has 1 N–H and O–H groups in total. The lowest BCUT2D eigenvalue weighted by Crippen LogP contribution is -2.51. The van der Waals surface area contributed by atoms with Crippen molar-refractivity contribution in [3.8, 4) is 17.1 Å². The maximum Gasteiger partial charge on any atom is 0.264 e. The number of ether oxygens (including phenoxy) is 1. The number of hydrogen-bond acceptors (Lipinski definition) is 9. The third kappa shape index (κ3) is 7.03. The van der Waals surface area contributed by atoms with Crippen molar-refractivity contribution in [1.29, 1.82) is 0 Å². The van der Waals surface area contributed by atoms with Gasteiger partial charge in [-0.25, -0.2) is 23.1 Å². The number of nitrogens with one attached hydrogen (secondary N) is 1. The van der Waals surface area contributed by atoms with Crippen LogP contribution in [-0.2, 0) is 16.6 Å². The predicted octanol–water partition coefficient (Wildman–Crippen LogP) is 6.57. The maximum absolute atomic E-state index is 14.6. The highest BCUT2D eigenvalue weighted by Gasteiger charge is 2.39. The van der Waals surface area contributed by atoms with Gasteiger partial charge in [0, 0.05) is 29.8 Å². The zero-order valence-electron chi connectivity index (χ0n) is 29.4. The highest BCUT2D eigenvalue weighted by molar-refractivity contribution is 7.92. The SMILES string of the molecule is Cc1cccc(C)c1-c1cc2nc(n1)NS(=O)(=O)c1cccc(c1)C(=O)N(Cc1cncc(N3CCC[C@@H]4CC[C@@H]43)n1)[C@H](CC(C)(C)C)CO2. The summed E-state index contributed by atoms with van der Waals surface area (Å²) in [5, 5.41) is 0. The number of rotatable bonds is 5. The summed E-state index contributed by atoms with van der Waals surface area (Å²) in [7, 11) is -4.17. The summed E-state index contributed by atoms with van der Waals surface area (Å²) < 4.78 is 36.5. The van der Waals surface area contributed by atoms with Crippen LogP contribution in [0.2, 0.25) is 0 Å². The number of fused-ring (bicyclic) bond motifs is 5. The molecule has 2 aromatic heterocycles. The molecule has 1 saturated carbocycles. The second kappa shape index (κ2) is 13.3. The number of carbonyl (C=O) groups is 1. The van der Waals surface area contributed by atoms with Crippen LogP contribution >= 0.6 is 0 Å². The molecule has 1 saturated heterocycles. The van der Waals surface area contributed by atoms with Crippen LogP contribution in [-0.4, -0.2) is 64.4 Å². The molecule has 4 bridgehead atoms. The van der Waals surface area contributed by atoms with Gasteiger partial charge in [-0.05, 0) is 86.6 Å². The number of piperidine rings is 1. The lowest BCUT2D eigenvalue weighted by atomic mass is 9.73. The maximum atomic E-state index is 14.6. The van der Waals surface area contributed by atoms with Crippen LogP contribution in [0.5, 0.6) is 5.88 Å². The lowest BCUT2D eigenvalue weighted by Gasteiger charge is -2.49. The number of nitrogens with zero attached hydrogens (tertiary/aromatic N) is 6. The van der Waals surface area contributed by atoms with Gasteiger partial charge in [-0.3, -0.25) is 9.78 Å². The molecule has 1 amide bonds. The number of carbonyl (C=O) groups excluding carboxylic acids is 1. The fourth-order valence-electron chi connectivity index (χ4n) is 7.60. The Morgan fingerprint density at radius 2 is 1.74 bits per heavy atom. The van der Waals surface area contributed by atoms with Crippen LogP contribution in [0.4, 0.5) is 11.8 Å². The number of amides is 1. The van der Waals surface area contributed by atoms with Crippen LogP contribution in [0, 0.1) is 25.2 Å². The van der Waals surface area contributed by atoms with Crippen molar-refractivity contribution in [2.45, 2.75) is 90.2 Å². The van der Waals surface area contributed by atoms with Crippen LogP contribution in [0.15, 0.2) is 65.8 Å². The molecule has 50 heavy (non-hydrogen) atoms. The highest BCUT2D eigenvalue weighted by Crippen LogP contribution is 2.41. The molecule has 0 radical (unpaired) electrons.